The number of allylic oxidation sites excluding steroid dienone is 2. The lowest BCUT2D eigenvalue weighted by Crippen LogP contribution is -2.55. The lowest BCUT2D eigenvalue weighted by molar-refractivity contribution is -0.149. The van der Waals surface area contributed by atoms with Gasteiger partial charge in [-0.1, -0.05) is 55.8 Å². The first-order valence-corrected chi connectivity index (χ1v) is 16.8. The number of nitrogens with zero attached hydrogens (tertiary/aromatic N) is 1. The molecule has 11 heteroatoms. The predicted octanol–water partition coefficient (Wildman–Crippen LogP) is 5.70. The number of phenolic OH excluding ortho intramolecular Hbond substituents is 1. The number of para-hydroxylation sites is 1. The minimum atomic E-state index is -1.02. The SMILES string of the molecule is C/C1=C\[C@H](C)CC(C)OC(=O)CC(c2ccc(O)cc2)NC(=O)[C@@H](Cc2c(Br)[nH]c3ccccc23)N(C)C(=O)[C@H](C)NC(=O)[C@@H](C)C1. The van der Waals surface area contributed by atoms with Gasteiger partial charge in [-0.3, -0.25) is 19.2 Å². The molecule has 4 rings (SSSR count). The summed E-state index contributed by atoms with van der Waals surface area (Å²) in [6.07, 6.45) is 2.76. The van der Waals surface area contributed by atoms with Gasteiger partial charge in [-0.05, 0) is 84.8 Å². The van der Waals surface area contributed by atoms with Crippen molar-refractivity contribution < 1.29 is 29.0 Å². The minimum absolute atomic E-state index is 0.0439. The van der Waals surface area contributed by atoms with Crippen molar-refractivity contribution in [2.45, 2.75) is 84.5 Å². The summed E-state index contributed by atoms with van der Waals surface area (Å²) in [5.74, 6) is -1.93. The quantitative estimate of drug-likeness (QED) is 0.203. The summed E-state index contributed by atoms with van der Waals surface area (Å²) in [7, 11) is 1.55. The number of hydrogen-bond donors (Lipinski definition) is 4. The second kappa shape index (κ2) is 15.6. The second-order valence-electron chi connectivity index (χ2n) is 12.9. The topological polar surface area (TPSA) is 141 Å². The number of phenols is 1. The Balaban J connectivity index is 1.74. The summed E-state index contributed by atoms with van der Waals surface area (Å²) >= 11 is 3.60. The van der Waals surface area contributed by atoms with Crippen LogP contribution in [0.2, 0.25) is 0 Å². The first-order chi connectivity index (χ1) is 22.2. The van der Waals surface area contributed by atoms with Gasteiger partial charge in [0.1, 0.15) is 17.8 Å². The maximum Gasteiger partial charge on any atom is 0.308 e. The van der Waals surface area contributed by atoms with Crippen LogP contribution in [0.1, 0.15) is 71.0 Å². The molecule has 0 spiro atoms. The van der Waals surface area contributed by atoms with Crippen molar-refractivity contribution >= 4 is 50.5 Å². The van der Waals surface area contributed by atoms with Gasteiger partial charge in [-0.25, -0.2) is 0 Å². The fourth-order valence-electron chi connectivity index (χ4n) is 6.28. The molecule has 0 saturated carbocycles. The molecule has 0 bridgehead atoms. The number of esters is 1. The number of ether oxygens (including phenoxy) is 1. The van der Waals surface area contributed by atoms with Crippen LogP contribution in [-0.4, -0.2) is 63.9 Å². The minimum Gasteiger partial charge on any atom is -0.508 e. The molecule has 10 nitrogen and oxygen atoms in total. The number of hydrogen-bond acceptors (Lipinski definition) is 6. The number of aromatic hydroxyl groups is 1. The van der Waals surface area contributed by atoms with Gasteiger partial charge in [0.2, 0.25) is 17.7 Å². The van der Waals surface area contributed by atoms with Crippen LogP contribution >= 0.6 is 15.9 Å². The van der Waals surface area contributed by atoms with Crippen molar-refractivity contribution in [3.63, 3.8) is 0 Å². The van der Waals surface area contributed by atoms with Gasteiger partial charge in [-0.15, -0.1) is 0 Å². The number of rotatable bonds is 3. The molecule has 2 unspecified atom stereocenters. The van der Waals surface area contributed by atoms with Gasteiger partial charge in [0, 0.05) is 30.3 Å². The molecule has 252 valence electrons. The highest BCUT2D eigenvalue weighted by Gasteiger charge is 2.34. The molecule has 2 aromatic carbocycles. The summed E-state index contributed by atoms with van der Waals surface area (Å²) in [6, 6.07) is 11.2. The lowest BCUT2D eigenvalue weighted by Gasteiger charge is -2.31. The standard InChI is InChI=1S/C36H45BrN4O6/c1-20-15-21(2)17-23(4)47-32(43)19-30(25-11-13-26(42)14-12-25)40-35(45)31(18-28-27-9-7-8-10-29(27)39-33(28)37)41(6)36(46)24(5)38-34(44)22(3)16-20/h7-15,21-24,30-31,39,42H,16-19H2,1-6H3,(H,38,44)(H,40,45)/b20-15+/t21-,22-,23?,24-,30?,31+/m0/s1. The number of halogens is 1. The Kier molecular flexibility index (Phi) is 11.9. The number of fused-ring (bicyclic) bond motifs is 1. The van der Waals surface area contributed by atoms with Crippen LogP contribution in [0.15, 0.2) is 64.8 Å². The van der Waals surface area contributed by atoms with E-state index in [2.05, 4.69) is 37.6 Å². The largest absolute Gasteiger partial charge is 0.508 e. The summed E-state index contributed by atoms with van der Waals surface area (Å²) in [5.41, 5.74) is 3.29. The third-order valence-electron chi connectivity index (χ3n) is 8.67. The zero-order valence-electron chi connectivity index (χ0n) is 27.8. The predicted molar refractivity (Wildman–Crippen MR) is 184 cm³/mol. The average Bonchev–Trinajstić information content (AvgIpc) is 3.32. The Morgan fingerprint density at radius 1 is 0.936 bits per heavy atom. The molecule has 0 radical (unpaired) electrons. The maximum absolute atomic E-state index is 14.3. The summed E-state index contributed by atoms with van der Waals surface area (Å²) in [6.45, 7) is 9.27. The highest BCUT2D eigenvalue weighted by atomic mass is 79.9. The Hall–Kier alpha value is -4.12. The highest BCUT2D eigenvalue weighted by Crippen LogP contribution is 2.29. The van der Waals surface area contributed by atoms with Crippen molar-refractivity contribution in [1.29, 1.82) is 0 Å². The van der Waals surface area contributed by atoms with E-state index in [4.69, 9.17) is 4.74 Å². The summed E-state index contributed by atoms with van der Waals surface area (Å²) in [5, 5.41) is 16.7. The first-order valence-electron chi connectivity index (χ1n) is 16.0. The zero-order chi connectivity index (χ0) is 34.4. The molecule has 3 amide bonds. The smallest absolute Gasteiger partial charge is 0.308 e. The van der Waals surface area contributed by atoms with Gasteiger partial charge in [0.05, 0.1) is 23.2 Å². The van der Waals surface area contributed by atoms with Gasteiger partial charge in [0.15, 0.2) is 0 Å². The Bertz CT molecular complexity index is 1630. The number of amides is 3. The third-order valence-corrected chi connectivity index (χ3v) is 9.35. The molecule has 1 aliphatic heterocycles. The van der Waals surface area contributed by atoms with E-state index in [0.29, 0.717) is 23.0 Å². The molecular formula is C36H45BrN4O6. The van der Waals surface area contributed by atoms with E-state index in [1.807, 2.05) is 52.0 Å². The van der Waals surface area contributed by atoms with Gasteiger partial charge < -0.3 is 30.4 Å². The number of aromatic amines is 1. The number of nitrogens with one attached hydrogen (secondary N) is 3. The normalized spacial score (nSPS) is 27.1. The number of benzene rings is 2. The molecule has 0 fully saturated rings. The van der Waals surface area contributed by atoms with Crippen LogP contribution in [0.5, 0.6) is 5.75 Å². The number of carbonyl (C=O) groups excluding carboxylic acids is 4. The fourth-order valence-corrected chi connectivity index (χ4v) is 6.87. The second-order valence-corrected chi connectivity index (χ2v) is 13.6. The van der Waals surface area contributed by atoms with E-state index in [9.17, 15) is 24.3 Å². The van der Waals surface area contributed by atoms with Crippen LogP contribution in [0.4, 0.5) is 0 Å². The number of cyclic esters (lactones) is 1. The van der Waals surface area contributed by atoms with E-state index < -0.39 is 42.0 Å². The van der Waals surface area contributed by atoms with Crippen LogP contribution < -0.4 is 10.6 Å². The Labute approximate surface area is 284 Å². The highest BCUT2D eigenvalue weighted by molar-refractivity contribution is 9.10. The lowest BCUT2D eigenvalue weighted by atomic mass is 9.95. The third kappa shape index (κ3) is 9.24. The Morgan fingerprint density at radius 3 is 2.32 bits per heavy atom. The average molecular weight is 710 g/mol. The number of aromatic nitrogens is 1. The first kappa shape index (κ1) is 35.7. The van der Waals surface area contributed by atoms with Gasteiger partial charge >= 0.3 is 5.97 Å². The molecule has 2 heterocycles. The molecule has 0 aliphatic carbocycles. The fraction of sp³-hybridized carbons (Fsp3) is 0.444. The van der Waals surface area contributed by atoms with Crippen LogP contribution in [0.3, 0.4) is 0 Å². The number of H-pyrrole nitrogens is 1. The molecule has 0 saturated heterocycles. The van der Waals surface area contributed by atoms with E-state index in [0.717, 1.165) is 22.0 Å². The molecule has 1 aromatic heterocycles. The Morgan fingerprint density at radius 2 is 1.62 bits per heavy atom. The summed E-state index contributed by atoms with van der Waals surface area (Å²) < 4.78 is 6.47. The van der Waals surface area contributed by atoms with E-state index >= 15 is 0 Å². The molecular weight excluding hydrogens is 664 g/mol. The summed E-state index contributed by atoms with van der Waals surface area (Å²) in [4.78, 5) is 59.2. The molecule has 6 atom stereocenters. The zero-order valence-corrected chi connectivity index (χ0v) is 29.4. The number of likely N-dealkylation sites (N-methyl/N-ethyl adjacent to an activating group) is 1. The monoisotopic (exact) mass is 708 g/mol. The van der Waals surface area contributed by atoms with Crippen LogP contribution in [0.25, 0.3) is 10.9 Å². The van der Waals surface area contributed by atoms with Crippen LogP contribution in [-0.2, 0) is 30.3 Å². The van der Waals surface area contributed by atoms with E-state index in [1.54, 1.807) is 26.1 Å². The number of carbonyl (C=O) groups is 4. The van der Waals surface area contributed by atoms with Crippen molar-refractivity contribution in [3.8, 4) is 5.75 Å². The maximum atomic E-state index is 14.3. The van der Waals surface area contributed by atoms with Gasteiger partial charge in [-0.2, -0.15) is 0 Å². The van der Waals surface area contributed by atoms with Gasteiger partial charge in [0.25, 0.3) is 0 Å². The molecule has 4 N–H and O–H groups in total. The van der Waals surface area contributed by atoms with Crippen LogP contribution in [0, 0.1) is 11.8 Å². The molecule has 1 aliphatic rings. The van der Waals surface area contributed by atoms with Crippen molar-refractivity contribution in [2.75, 3.05) is 7.05 Å². The molecule has 47 heavy (non-hydrogen) atoms. The van der Waals surface area contributed by atoms with E-state index in [1.165, 1.54) is 17.0 Å². The molecule has 3 aromatic rings. The van der Waals surface area contributed by atoms with E-state index in [-0.39, 0.29) is 36.3 Å². The van der Waals surface area contributed by atoms with Crippen molar-refractivity contribution in [2.24, 2.45) is 11.8 Å². The van der Waals surface area contributed by atoms with Crippen molar-refractivity contribution in [1.82, 2.24) is 20.5 Å². The van der Waals surface area contributed by atoms with Crippen molar-refractivity contribution in [3.05, 3.63) is 75.9 Å².